The SMILES string of the molecule is CCS(=O)(=O)N1CCN(Cc2ccc(F)c(NC(=O)Nc3cccnc3)c2)CC1. The molecule has 0 saturated carbocycles. The molecule has 0 radical (unpaired) electrons. The number of urea groups is 1. The van der Waals surface area contributed by atoms with Crippen molar-refractivity contribution in [1.29, 1.82) is 0 Å². The van der Waals surface area contributed by atoms with Crippen LogP contribution in [0, 0.1) is 5.82 Å². The average Bonchev–Trinajstić information content (AvgIpc) is 2.71. The molecule has 1 saturated heterocycles. The Labute approximate surface area is 169 Å². The van der Waals surface area contributed by atoms with Crippen LogP contribution in [0.1, 0.15) is 12.5 Å². The zero-order valence-corrected chi connectivity index (χ0v) is 17.0. The third-order valence-corrected chi connectivity index (χ3v) is 6.58. The fraction of sp³-hybridized carbons (Fsp3) is 0.368. The van der Waals surface area contributed by atoms with Gasteiger partial charge in [-0.15, -0.1) is 0 Å². The van der Waals surface area contributed by atoms with Crippen LogP contribution >= 0.6 is 0 Å². The van der Waals surface area contributed by atoms with E-state index in [9.17, 15) is 17.6 Å². The standard InChI is InChI=1S/C19H24FN5O3S/c1-2-29(27,28)25-10-8-24(9-11-25)14-15-5-6-17(20)18(12-15)23-19(26)22-16-4-3-7-21-13-16/h3-7,12-13H,2,8-11,14H2,1H3,(H2,22,23,26). The summed E-state index contributed by atoms with van der Waals surface area (Å²) in [5.74, 6) is -0.435. The Kier molecular flexibility index (Phi) is 6.78. The maximum atomic E-state index is 14.1. The van der Waals surface area contributed by atoms with Gasteiger partial charge < -0.3 is 10.6 Å². The van der Waals surface area contributed by atoms with Gasteiger partial charge in [0, 0.05) is 38.9 Å². The van der Waals surface area contributed by atoms with Gasteiger partial charge in [-0.05, 0) is 36.8 Å². The highest BCUT2D eigenvalue weighted by molar-refractivity contribution is 7.89. The van der Waals surface area contributed by atoms with Gasteiger partial charge in [-0.25, -0.2) is 17.6 Å². The van der Waals surface area contributed by atoms with E-state index in [-0.39, 0.29) is 11.4 Å². The number of hydrogen-bond acceptors (Lipinski definition) is 5. The molecule has 2 heterocycles. The van der Waals surface area contributed by atoms with Crippen molar-refractivity contribution in [1.82, 2.24) is 14.2 Å². The predicted octanol–water partition coefficient (Wildman–Crippen LogP) is 2.33. The van der Waals surface area contributed by atoms with Crippen LogP contribution in [0.3, 0.4) is 0 Å². The molecule has 1 aromatic heterocycles. The van der Waals surface area contributed by atoms with Crippen LogP contribution < -0.4 is 10.6 Å². The zero-order chi connectivity index (χ0) is 20.9. The molecule has 29 heavy (non-hydrogen) atoms. The topological polar surface area (TPSA) is 94.6 Å². The number of rotatable bonds is 6. The highest BCUT2D eigenvalue weighted by atomic mass is 32.2. The summed E-state index contributed by atoms with van der Waals surface area (Å²) in [6.45, 7) is 4.26. The first-order valence-electron chi connectivity index (χ1n) is 9.34. The van der Waals surface area contributed by atoms with Crippen LogP contribution in [0.4, 0.5) is 20.6 Å². The quantitative estimate of drug-likeness (QED) is 0.747. The van der Waals surface area contributed by atoms with E-state index in [1.165, 1.54) is 16.6 Å². The van der Waals surface area contributed by atoms with Crippen LogP contribution in [-0.2, 0) is 16.6 Å². The lowest BCUT2D eigenvalue weighted by Gasteiger charge is -2.33. The summed E-state index contributed by atoms with van der Waals surface area (Å²) in [7, 11) is -3.17. The summed E-state index contributed by atoms with van der Waals surface area (Å²) in [4.78, 5) is 18.1. The molecule has 0 spiro atoms. The molecule has 1 fully saturated rings. The molecule has 1 aliphatic rings. The number of amides is 2. The fourth-order valence-electron chi connectivity index (χ4n) is 3.09. The molecule has 10 heteroatoms. The van der Waals surface area contributed by atoms with Gasteiger partial charge in [-0.3, -0.25) is 9.88 Å². The molecule has 0 bridgehead atoms. The number of anilines is 2. The number of pyridine rings is 1. The van der Waals surface area contributed by atoms with E-state index >= 15 is 0 Å². The summed E-state index contributed by atoms with van der Waals surface area (Å²) in [6.07, 6.45) is 3.08. The van der Waals surface area contributed by atoms with Crippen molar-refractivity contribution in [2.75, 3.05) is 42.6 Å². The molecule has 0 atom stereocenters. The number of benzene rings is 1. The Morgan fingerprint density at radius 1 is 1.17 bits per heavy atom. The van der Waals surface area contributed by atoms with Crippen LogP contribution in [0.25, 0.3) is 0 Å². The normalized spacial score (nSPS) is 15.8. The summed E-state index contributed by atoms with van der Waals surface area (Å²) in [5, 5.41) is 5.10. The average molecular weight is 421 g/mol. The van der Waals surface area contributed by atoms with Gasteiger partial charge in [-0.2, -0.15) is 4.31 Å². The molecule has 2 aromatic rings. The molecule has 2 N–H and O–H groups in total. The largest absolute Gasteiger partial charge is 0.323 e. The van der Waals surface area contributed by atoms with Gasteiger partial charge >= 0.3 is 6.03 Å². The Morgan fingerprint density at radius 2 is 1.93 bits per heavy atom. The van der Waals surface area contributed by atoms with E-state index in [1.54, 1.807) is 37.4 Å². The highest BCUT2D eigenvalue weighted by Crippen LogP contribution is 2.19. The number of nitrogens with one attached hydrogen (secondary N) is 2. The van der Waals surface area contributed by atoms with Gasteiger partial charge in [0.2, 0.25) is 10.0 Å². The Balaban J connectivity index is 1.59. The minimum atomic E-state index is -3.17. The second kappa shape index (κ2) is 9.29. The van der Waals surface area contributed by atoms with Crippen molar-refractivity contribution in [2.45, 2.75) is 13.5 Å². The fourth-order valence-corrected chi connectivity index (χ4v) is 4.18. The smallest absolute Gasteiger partial charge is 0.306 e. The number of sulfonamides is 1. The van der Waals surface area contributed by atoms with Crippen molar-refractivity contribution in [3.05, 3.63) is 54.1 Å². The Bertz CT molecular complexity index is 948. The first kappa shape index (κ1) is 21.2. The Morgan fingerprint density at radius 3 is 2.59 bits per heavy atom. The molecule has 1 aromatic carbocycles. The second-order valence-electron chi connectivity index (χ2n) is 6.71. The molecule has 0 aliphatic carbocycles. The second-order valence-corrected chi connectivity index (χ2v) is 8.97. The van der Waals surface area contributed by atoms with Crippen LogP contribution in [0.5, 0.6) is 0 Å². The summed E-state index contributed by atoms with van der Waals surface area (Å²) in [5.41, 5.74) is 1.41. The van der Waals surface area contributed by atoms with E-state index in [1.807, 2.05) is 0 Å². The van der Waals surface area contributed by atoms with Gasteiger partial charge in [0.1, 0.15) is 5.82 Å². The molecular weight excluding hydrogens is 397 g/mol. The zero-order valence-electron chi connectivity index (χ0n) is 16.1. The molecule has 0 unspecified atom stereocenters. The van der Waals surface area contributed by atoms with E-state index in [0.29, 0.717) is 38.4 Å². The first-order valence-corrected chi connectivity index (χ1v) is 10.9. The highest BCUT2D eigenvalue weighted by Gasteiger charge is 2.25. The van der Waals surface area contributed by atoms with Crippen molar-refractivity contribution in [2.24, 2.45) is 0 Å². The molecule has 156 valence electrons. The number of carbonyl (C=O) groups is 1. The molecule has 8 nitrogen and oxygen atoms in total. The lowest BCUT2D eigenvalue weighted by atomic mass is 10.1. The van der Waals surface area contributed by atoms with Gasteiger partial charge in [0.25, 0.3) is 0 Å². The maximum Gasteiger partial charge on any atom is 0.323 e. The number of aromatic nitrogens is 1. The van der Waals surface area contributed by atoms with E-state index in [4.69, 9.17) is 0 Å². The number of nitrogens with zero attached hydrogens (tertiary/aromatic N) is 3. The van der Waals surface area contributed by atoms with Crippen molar-refractivity contribution in [3.63, 3.8) is 0 Å². The minimum absolute atomic E-state index is 0.0797. The van der Waals surface area contributed by atoms with Gasteiger partial charge in [-0.1, -0.05) is 6.07 Å². The van der Waals surface area contributed by atoms with Crippen molar-refractivity contribution < 1.29 is 17.6 Å². The number of piperazine rings is 1. The summed E-state index contributed by atoms with van der Waals surface area (Å²) >= 11 is 0. The van der Waals surface area contributed by atoms with Crippen LogP contribution in [-0.4, -0.2) is 60.6 Å². The summed E-state index contributed by atoms with van der Waals surface area (Å²) in [6, 6.07) is 7.36. The van der Waals surface area contributed by atoms with Crippen LogP contribution in [0.2, 0.25) is 0 Å². The van der Waals surface area contributed by atoms with Crippen molar-refractivity contribution in [3.8, 4) is 0 Å². The number of carbonyl (C=O) groups excluding carboxylic acids is 1. The number of hydrogen-bond donors (Lipinski definition) is 2. The summed E-state index contributed by atoms with van der Waals surface area (Å²) < 4.78 is 39.5. The number of halogens is 1. The van der Waals surface area contributed by atoms with Gasteiger partial charge in [0.05, 0.1) is 23.3 Å². The minimum Gasteiger partial charge on any atom is -0.306 e. The van der Waals surface area contributed by atoms with Crippen molar-refractivity contribution >= 4 is 27.4 Å². The Hall–Kier alpha value is -2.56. The lowest BCUT2D eigenvalue weighted by molar-refractivity contribution is 0.181. The molecule has 1 aliphatic heterocycles. The van der Waals surface area contributed by atoms with E-state index < -0.39 is 21.9 Å². The lowest BCUT2D eigenvalue weighted by Crippen LogP contribution is -2.48. The third-order valence-electron chi connectivity index (χ3n) is 4.69. The maximum absolute atomic E-state index is 14.1. The van der Waals surface area contributed by atoms with Gasteiger partial charge in [0.15, 0.2) is 0 Å². The monoisotopic (exact) mass is 421 g/mol. The van der Waals surface area contributed by atoms with Crippen LogP contribution in [0.15, 0.2) is 42.7 Å². The molecular formula is C19H24FN5O3S. The van der Waals surface area contributed by atoms with E-state index in [2.05, 4.69) is 20.5 Å². The third kappa shape index (κ3) is 5.72. The molecule has 3 rings (SSSR count). The first-order chi connectivity index (χ1) is 13.9. The van der Waals surface area contributed by atoms with E-state index in [0.717, 1.165) is 5.56 Å². The molecule has 2 amide bonds. The predicted molar refractivity (Wildman–Crippen MR) is 110 cm³/mol.